The fourth-order valence-corrected chi connectivity index (χ4v) is 4.13. The van der Waals surface area contributed by atoms with Crippen LogP contribution in [-0.2, 0) is 4.79 Å². The quantitative estimate of drug-likeness (QED) is 0.783. The first kappa shape index (κ1) is 18.3. The highest BCUT2D eigenvalue weighted by molar-refractivity contribution is 8.00. The molecule has 0 aliphatic heterocycles. The highest BCUT2D eigenvalue weighted by Gasteiger charge is 2.27. The minimum Gasteiger partial charge on any atom is -0.342 e. The summed E-state index contributed by atoms with van der Waals surface area (Å²) in [6.07, 6.45) is 5.94. The van der Waals surface area contributed by atoms with Crippen molar-refractivity contribution in [1.82, 2.24) is 20.1 Å². The van der Waals surface area contributed by atoms with Gasteiger partial charge in [0.2, 0.25) is 11.1 Å². The van der Waals surface area contributed by atoms with E-state index in [0.29, 0.717) is 22.0 Å². The Balaban J connectivity index is 1.61. The zero-order valence-corrected chi connectivity index (χ0v) is 16.1. The summed E-state index contributed by atoms with van der Waals surface area (Å²) in [5, 5.41) is 8.22. The Kier molecular flexibility index (Phi) is 6.02. The van der Waals surface area contributed by atoms with Crippen molar-refractivity contribution < 1.29 is 4.79 Å². The van der Waals surface area contributed by atoms with Gasteiger partial charge in [0.15, 0.2) is 5.82 Å². The van der Waals surface area contributed by atoms with Crippen molar-refractivity contribution in [3.05, 3.63) is 29.3 Å². The van der Waals surface area contributed by atoms with E-state index in [4.69, 9.17) is 11.6 Å². The lowest BCUT2D eigenvalue weighted by molar-refractivity contribution is -0.131. The van der Waals surface area contributed by atoms with Gasteiger partial charge in [-0.15, -0.1) is 5.10 Å². The van der Waals surface area contributed by atoms with E-state index in [1.54, 1.807) is 0 Å². The maximum atomic E-state index is 12.7. The molecule has 5 nitrogen and oxygen atoms in total. The Hall–Kier alpha value is -1.53. The molecule has 134 valence electrons. The number of benzene rings is 1. The van der Waals surface area contributed by atoms with Crippen LogP contribution in [0.2, 0.25) is 5.02 Å². The molecular formula is C18H23ClN4OS. The number of aromatic nitrogens is 3. The summed E-state index contributed by atoms with van der Waals surface area (Å²) in [4.78, 5) is 19.1. The third kappa shape index (κ3) is 4.55. The minimum atomic E-state index is -0.208. The predicted octanol–water partition coefficient (Wildman–Crippen LogP) is 4.40. The SMILES string of the molecule is CC(Sc1n[nH]c(-c2ccc(Cl)cc2)n1)C(=O)N(C)C1CCCCC1. The zero-order valence-electron chi connectivity index (χ0n) is 14.5. The zero-order chi connectivity index (χ0) is 17.8. The first-order valence-corrected chi connectivity index (χ1v) is 9.92. The number of nitrogens with zero attached hydrogens (tertiary/aromatic N) is 3. The summed E-state index contributed by atoms with van der Waals surface area (Å²) in [7, 11) is 1.92. The van der Waals surface area contributed by atoms with Crippen molar-refractivity contribution in [2.75, 3.05) is 7.05 Å². The van der Waals surface area contributed by atoms with Gasteiger partial charge in [-0.1, -0.05) is 42.6 Å². The van der Waals surface area contributed by atoms with Crippen LogP contribution < -0.4 is 0 Å². The van der Waals surface area contributed by atoms with E-state index < -0.39 is 0 Å². The molecule has 0 saturated heterocycles. The molecule has 1 aliphatic carbocycles. The number of hydrogen-bond acceptors (Lipinski definition) is 4. The number of nitrogens with one attached hydrogen (secondary N) is 1. The second-order valence-electron chi connectivity index (χ2n) is 6.47. The predicted molar refractivity (Wildman–Crippen MR) is 102 cm³/mol. The lowest BCUT2D eigenvalue weighted by Crippen LogP contribution is -2.42. The summed E-state index contributed by atoms with van der Waals surface area (Å²) < 4.78 is 0. The summed E-state index contributed by atoms with van der Waals surface area (Å²) in [6, 6.07) is 7.79. The van der Waals surface area contributed by atoms with Crippen LogP contribution in [-0.4, -0.2) is 44.3 Å². The van der Waals surface area contributed by atoms with Crippen LogP contribution in [0.3, 0.4) is 0 Å². The number of hydrogen-bond donors (Lipinski definition) is 1. The van der Waals surface area contributed by atoms with Crippen LogP contribution in [0.25, 0.3) is 11.4 Å². The number of carbonyl (C=O) groups excluding carboxylic acids is 1. The highest BCUT2D eigenvalue weighted by Crippen LogP contribution is 2.27. The molecule has 1 saturated carbocycles. The van der Waals surface area contributed by atoms with Gasteiger partial charge in [-0.2, -0.15) is 0 Å². The van der Waals surface area contributed by atoms with Gasteiger partial charge in [0.25, 0.3) is 0 Å². The number of carbonyl (C=O) groups is 1. The molecule has 2 aromatic rings. The average Bonchev–Trinajstić information content (AvgIpc) is 3.10. The van der Waals surface area contributed by atoms with Gasteiger partial charge in [0.1, 0.15) is 0 Å². The maximum Gasteiger partial charge on any atom is 0.235 e. The van der Waals surface area contributed by atoms with Crippen molar-refractivity contribution in [3.8, 4) is 11.4 Å². The molecular weight excluding hydrogens is 356 g/mol. The van der Waals surface area contributed by atoms with E-state index >= 15 is 0 Å². The van der Waals surface area contributed by atoms with Crippen molar-refractivity contribution in [1.29, 1.82) is 0 Å². The number of H-pyrrole nitrogens is 1. The van der Waals surface area contributed by atoms with Gasteiger partial charge in [-0.25, -0.2) is 4.98 Å². The van der Waals surface area contributed by atoms with Crippen molar-refractivity contribution in [3.63, 3.8) is 0 Å². The van der Waals surface area contributed by atoms with Gasteiger partial charge >= 0.3 is 0 Å². The average molecular weight is 379 g/mol. The van der Waals surface area contributed by atoms with Crippen LogP contribution in [0.15, 0.2) is 29.4 Å². The molecule has 3 rings (SSSR count). The molecule has 0 radical (unpaired) electrons. The Labute approximate surface area is 157 Å². The van der Waals surface area contributed by atoms with Gasteiger partial charge in [0.05, 0.1) is 5.25 Å². The largest absolute Gasteiger partial charge is 0.342 e. The number of aromatic amines is 1. The van der Waals surface area contributed by atoms with Crippen LogP contribution >= 0.6 is 23.4 Å². The van der Waals surface area contributed by atoms with Crippen molar-refractivity contribution in [2.24, 2.45) is 0 Å². The van der Waals surface area contributed by atoms with E-state index in [0.717, 1.165) is 18.4 Å². The van der Waals surface area contributed by atoms with Gasteiger partial charge < -0.3 is 4.90 Å². The molecule has 0 bridgehead atoms. The molecule has 1 heterocycles. The Morgan fingerprint density at radius 2 is 1.96 bits per heavy atom. The molecule has 7 heteroatoms. The van der Waals surface area contributed by atoms with E-state index in [9.17, 15) is 4.79 Å². The molecule has 0 spiro atoms. The summed E-state index contributed by atoms with van der Waals surface area (Å²) in [5.74, 6) is 0.828. The maximum absolute atomic E-state index is 12.7. The van der Waals surface area contributed by atoms with Crippen LogP contribution in [0.4, 0.5) is 0 Å². The Bertz CT molecular complexity index is 712. The van der Waals surface area contributed by atoms with Crippen molar-refractivity contribution in [2.45, 2.75) is 55.5 Å². The van der Waals surface area contributed by atoms with Crippen LogP contribution in [0.5, 0.6) is 0 Å². The topological polar surface area (TPSA) is 61.9 Å². The second-order valence-corrected chi connectivity index (χ2v) is 8.22. The Morgan fingerprint density at radius 3 is 2.64 bits per heavy atom. The number of rotatable bonds is 5. The molecule has 1 aromatic heterocycles. The number of thioether (sulfide) groups is 1. The fourth-order valence-electron chi connectivity index (χ4n) is 3.18. The molecule has 1 aliphatic rings. The second kappa shape index (κ2) is 8.23. The lowest BCUT2D eigenvalue weighted by atomic mass is 9.94. The standard InChI is InChI=1S/C18H23ClN4OS/c1-12(17(24)23(2)15-6-4-3-5-7-15)25-18-20-16(21-22-18)13-8-10-14(19)11-9-13/h8-12,15H,3-7H2,1-2H3,(H,20,21,22). The highest BCUT2D eigenvalue weighted by atomic mass is 35.5. The summed E-state index contributed by atoms with van der Waals surface area (Å²) >= 11 is 7.30. The van der Waals surface area contributed by atoms with E-state index in [-0.39, 0.29) is 11.2 Å². The van der Waals surface area contributed by atoms with Crippen molar-refractivity contribution >= 4 is 29.3 Å². The fraction of sp³-hybridized carbons (Fsp3) is 0.500. The molecule has 1 fully saturated rings. The molecule has 1 aromatic carbocycles. The Morgan fingerprint density at radius 1 is 1.28 bits per heavy atom. The van der Waals surface area contributed by atoms with Crippen LogP contribution in [0.1, 0.15) is 39.0 Å². The molecule has 1 unspecified atom stereocenters. The van der Waals surface area contributed by atoms with Gasteiger partial charge in [-0.05, 0) is 44.0 Å². The normalized spacial score (nSPS) is 16.6. The third-order valence-corrected chi connectivity index (χ3v) is 5.88. The summed E-state index contributed by atoms with van der Waals surface area (Å²) in [5.41, 5.74) is 0.919. The molecule has 1 amide bonds. The van der Waals surface area contributed by atoms with E-state index in [1.165, 1.54) is 31.0 Å². The smallest absolute Gasteiger partial charge is 0.235 e. The summed E-state index contributed by atoms with van der Waals surface area (Å²) in [6.45, 7) is 1.92. The first-order chi connectivity index (χ1) is 12.0. The lowest BCUT2D eigenvalue weighted by Gasteiger charge is -2.32. The van der Waals surface area contributed by atoms with E-state index in [2.05, 4.69) is 15.2 Å². The minimum absolute atomic E-state index is 0.148. The molecule has 25 heavy (non-hydrogen) atoms. The van der Waals surface area contributed by atoms with Gasteiger partial charge in [-0.3, -0.25) is 9.89 Å². The first-order valence-electron chi connectivity index (χ1n) is 8.66. The molecule has 1 atom stereocenters. The number of halogens is 1. The molecule has 1 N–H and O–H groups in total. The number of amides is 1. The van der Waals surface area contributed by atoms with Crippen LogP contribution in [0, 0.1) is 0 Å². The van der Waals surface area contributed by atoms with Gasteiger partial charge in [0, 0.05) is 23.7 Å². The van der Waals surface area contributed by atoms with E-state index in [1.807, 2.05) is 43.1 Å². The monoisotopic (exact) mass is 378 g/mol. The third-order valence-electron chi connectivity index (χ3n) is 4.68.